The number of anilines is 1. The summed E-state index contributed by atoms with van der Waals surface area (Å²) in [6.07, 6.45) is 4.72. The third-order valence-corrected chi connectivity index (χ3v) is 6.57. The smallest absolute Gasteiger partial charge is 0.307 e. The molecular formula is C23H28N4O5. The molecule has 9 heteroatoms. The minimum atomic E-state index is -0.947. The van der Waals surface area contributed by atoms with Gasteiger partial charge in [0.2, 0.25) is 5.91 Å². The molecule has 2 bridgehead atoms. The lowest BCUT2D eigenvalue weighted by Gasteiger charge is -2.26. The summed E-state index contributed by atoms with van der Waals surface area (Å²) in [4.78, 5) is 38.1. The number of rotatable bonds is 7. The molecule has 3 N–H and O–H groups in total. The molecule has 2 amide bonds. The van der Waals surface area contributed by atoms with Crippen LogP contribution in [-0.4, -0.2) is 32.7 Å². The van der Waals surface area contributed by atoms with Gasteiger partial charge in [-0.15, -0.1) is 0 Å². The van der Waals surface area contributed by atoms with Crippen molar-refractivity contribution in [2.75, 3.05) is 5.32 Å². The predicted molar refractivity (Wildman–Crippen MR) is 116 cm³/mol. The highest BCUT2D eigenvalue weighted by Gasteiger charge is 2.57. The number of fused-ring (bicyclic) bond motifs is 2. The molecule has 32 heavy (non-hydrogen) atoms. The van der Waals surface area contributed by atoms with Crippen LogP contribution in [0.15, 0.2) is 40.2 Å². The quantitative estimate of drug-likeness (QED) is 0.568. The van der Waals surface area contributed by atoms with Crippen molar-refractivity contribution in [2.45, 2.75) is 46.7 Å². The molecule has 2 fully saturated rings. The highest BCUT2D eigenvalue weighted by molar-refractivity contribution is 6.03. The number of carbonyl (C=O) groups excluding carboxylic acids is 2. The fourth-order valence-corrected chi connectivity index (χ4v) is 5.33. The van der Waals surface area contributed by atoms with Crippen LogP contribution in [0.1, 0.15) is 49.9 Å². The van der Waals surface area contributed by atoms with Crippen molar-refractivity contribution in [2.24, 2.45) is 23.7 Å². The molecule has 2 aliphatic rings. The van der Waals surface area contributed by atoms with Gasteiger partial charge in [0.05, 0.1) is 30.3 Å². The monoisotopic (exact) mass is 440 g/mol. The van der Waals surface area contributed by atoms with Crippen molar-refractivity contribution < 1.29 is 23.9 Å². The first kappa shape index (κ1) is 21.9. The molecule has 170 valence electrons. The van der Waals surface area contributed by atoms with Crippen LogP contribution in [0.5, 0.6) is 0 Å². The number of carboxylic acid groups (broad SMARTS) is 1. The second kappa shape index (κ2) is 8.64. The van der Waals surface area contributed by atoms with Crippen LogP contribution in [0.25, 0.3) is 0 Å². The van der Waals surface area contributed by atoms with Crippen LogP contribution < -0.4 is 10.6 Å². The van der Waals surface area contributed by atoms with Gasteiger partial charge in [0.15, 0.2) is 5.69 Å². The summed E-state index contributed by atoms with van der Waals surface area (Å²) in [6, 6.07) is 3.48. The third-order valence-electron chi connectivity index (χ3n) is 6.57. The fourth-order valence-electron chi connectivity index (χ4n) is 5.33. The van der Waals surface area contributed by atoms with E-state index in [0.29, 0.717) is 12.3 Å². The van der Waals surface area contributed by atoms with Crippen LogP contribution in [0.2, 0.25) is 0 Å². The average Bonchev–Trinajstić information content (AvgIpc) is 3.53. The molecule has 0 aliphatic heterocycles. The van der Waals surface area contributed by atoms with Gasteiger partial charge in [-0.2, -0.15) is 5.10 Å². The zero-order chi connectivity index (χ0) is 23.0. The number of nitrogens with one attached hydrogen (secondary N) is 2. The third kappa shape index (κ3) is 3.83. The molecule has 0 spiro atoms. The molecule has 0 radical (unpaired) electrons. The first-order valence-corrected chi connectivity index (χ1v) is 10.9. The number of aromatic nitrogens is 2. The van der Waals surface area contributed by atoms with Gasteiger partial charge >= 0.3 is 5.97 Å². The van der Waals surface area contributed by atoms with Crippen molar-refractivity contribution >= 4 is 23.5 Å². The number of nitrogens with zero attached hydrogens (tertiary/aromatic N) is 2. The minimum Gasteiger partial charge on any atom is -0.481 e. The van der Waals surface area contributed by atoms with E-state index in [1.807, 2.05) is 20.8 Å². The van der Waals surface area contributed by atoms with Crippen LogP contribution >= 0.6 is 0 Å². The number of amides is 2. The molecule has 2 saturated carbocycles. The average molecular weight is 441 g/mol. The normalized spacial score (nSPS) is 23.9. The second-order valence-electron chi connectivity index (χ2n) is 8.63. The van der Waals surface area contributed by atoms with Crippen LogP contribution in [0, 0.1) is 23.7 Å². The number of aryl methyl sites for hydroxylation is 1. The summed E-state index contributed by atoms with van der Waals surface area (Å²) < 4.78 is 6.79. The Morgan fingerprint density at radius 2 is 1.94 bits per heavy atom. The number of aliphatic carboxylic acids is 1. The number of hydrogen-bond donors (Lipinski definition) is 3. The molecule has 0 aromatic carbocycles. The fraction of sp³-hybridized carbons (Fsp3) is 0.478. The number of furan rings is 1. The molecule has 2 aromatic heterocycles. The van der Waals surface area contributed by atoms with Crippen molar-refractivity contribution in [1.29, 1.82) is 0 Å². The summed E-state index contributed by atoms with van der Waals surface area (Å²) >= 11 is 0. The summed E-state index contributed by atoms with van der Waals surface area (Å²) in [5.41, 5.74) is 2.57. The Balaban J connectivity index is 1.56. The second-order valence-corrected chi connectivity index (χ2v) is 8.63. The molecule has 2 aliphatic carbocycles. The molecule has 4 rings (SSSR count). The van der Waals surface area contributed by atoms with Crippen LogP contribution in [0.3, 0.4) is 0 Å². The van der Waals surface area contributed by atoms with Crippen LogP contribution in [-0.2, 0) is 22.7 Å². The maximum atomic E-state index is 13.3. The Morgan fingerprint density at radius 3 is 2.53 bits per heavy atom. The molecule has 4 atom stereocenters. The molecule has 2 heterocycles. The maximum Gasteiger partial charge on any atom is 0.307 e. The Labute approximate surface area is 185 Å². The molecule has 0 saturated heterocycles. The van der Waals surface area contributed by atoms with E-state index >= 15 is 0 Å². The van der Waals surface area contributed by atoms with Gasteiger partial charge < -0.3 is 20.2 Å². The van der Waals surface area contributed by atoms with E-state index < -0.39 is 23.7 Å². The zero-order valence-corrected chi connectivity index (χ0v) is 18.4. The van der Waals surface area contributed by atoms with E-state index in [1.165, 1.54) is 6.26 Å². The number of allylic oxidation sites excluding steroid dienone is 2. The summed E-state index contributed by atoms with van der Waals surface area (Å²) in [6.45, 7) is 6.54. The van der Waals surface area contributed by atoms with Crippen LogP contribution in [0.4, 0.5) is 5.69 Å². The summed E-state index contributed by atoms with van der Waals surface area (Å²) in [5, 5.41) is 19.7. The van der Waals surface area contributed by atoms with Crippen molar-refractivity contribution in [3.8, 4) is 0 Å². The highest BCUT2D eigenvalue weighted by atomic mass is 16.4. The van der Waals surface area contributed by atoms with E-state index in [4.69, 9.17) is 4.42 Å². The summed E-state index contributed by atoms with van der Waals surface area (Å²) in [7, 11) is 0. The topological polar surface area (TPSA) is 126 Å². The van der Waals surface area contributed by atoms with Gasteiger partial charge in [0.25, 0.3) is 5.91 Å². The van der Waals surface area contributed by atoms with Gasteiger partial charge in [0, 0.05) is 12.7 Å². The van der Waals surface area contributed by atoms with Gasteiger partial charge in [0.1, 0.15) is 5.76 Å². The standard InChI is InChI=1S/C23H28N4O5/c1-4-27-11-16(20(26-27)22(29)24-10-13-6-5-9-32-13)25-21(28)18-14-7-8-15(17(14)12(2)3)19(18)23(30)31/h5-6,9,11,14-15,18-19H,4,7-8,10H2,1-3H3,(H,24,29)(H,25,28)(H,30,31)/t14-,15-,18+,19+/m0/s1. The SMILES string of the molecule is CCn1cc(NC(=O)[C@H]2[C@H](C(=O)O)[C@H]3CC[C@H]2C3=C(C)C)c(C(=O)NCc2ccco2)n1. The van der Waals surface area contributed by atoms with E-state index in [2.05, 4.69) is 15.7 Å². The van der Waals surface area contributed by atoms with Crippen molar-refractivity contribution in [1.82, 2.24) is 15.1 Å². The number of hydrogen-bond acceptors (Lipinski definition) is 5. The first-order valence-electron chi connectivity index (χ1n) is 10.9. The Hall–Kier alpha value is -3.36. The summed E-state index contributed by atoms with van der Waals surface area (Å²) in [5.74, 6) is -2.78. The lowest BCUT2D eigenvalue weighted by molar-refractivity contribution is -0.148. The molecule has 9 nitrogen and oxygen atoms in total. The molecular weight excluding hydrogens is 412 g/mol. The Bertz CT molecular complexity index is 1060. The van der Waals surface area contributed by atoms with Gasteiger partial charge in [-0.3, -0.25) is 19.1 Å². The zero-order valence-electron chi connectivity index (χ0n) is 18.4. The van der Waals surface area contributed by atoms with Crippen molar-refractivity contribution in [3.05, 3.63) is 47.2 Å². The largest absolute Gasteiger partial charge is 0.481 e. The van der Waals surface area contributed by atoms with E-state index in [1.54, 1.807) is 23.0 Å². The highest BCUT2D eigenvalue weighted by Crippen LogP contribution is 2.57. The minimum absolute atomic E-state index is 0.0800. The van der Waals surface area contributed by atoms with Gasteiger partial charge in [-0.1, -0.05) is 11.1 Å². The van der Waals surface area contributed by atoms with Gasteiger partial charge in [-0.05, 0) is 57.6 Å². The van der Waals surface area contributed by atoms with Gasteiger partial charge in [-0.25, -0.2) is 0 Å². The van der Waals surface area contributed by atoms with E-state index in [-0.39, 0.29) is 35.7 Å². The number of carbonyl (C=O) groups is 3. The first-order chi connectivity index (χ1) is 15.3. The molecule has 2 aromatic rings. The Morgan fingerprint density at radius 1 is 1.22 bits per heavy atom. The lowest BCUT2D eigenvalue weighted by Crippen LogP contribution is -2.38. The predicted octanol–water partition coefficient (Wildman–Crippen LogP) is 3.06. The maximum absolute atomic E-state index is 13.3. The van der Waals surface area contributed by atoms with Crippen molar-refractivity contribution in [3.63, 3.8) is 0 Å². The van der Waals surface area contributed by atoms with E-state index in [0.717, 1.165) is 24.0 Å². The van der Waals surface area contributed by atoms with E-state index in [9.17, 15) is 19.5 Å². The number of carboxylic acids is 1. The lowest BCUT2D eigenvalue weighted by atomic mass is 9.78. The Kier molecular flexibility index (Phi) is 5.90. The molecule has 0 unspecified atom stereocenters.